The molecule has 1 saturated carbocycles. The summed E-state index contributed by atoms with van der Waals surface area (Å²) in [6.45, 7) is 2.23. The zero-order valence-electron chi connectivity index (χ0n) is 14.3. The number of hydrogen-bond donors (Lipinski definition) is 3. The molecule has 5 heteroatoms. The Kier molecular flexibility index (Phi) is 5.33. The largest absolute Gasteiger partial charge is 0.376 e. The lowest BCUT2D eigenvalue weighted by Crippen LogP contribution is -2.28. The SMILES string of the molecule is CCc1ccccc1NCC(=O)Nc1ccccc1C(=O)NC1CC1. The fourth-order valence-corrected chi connectivity index (χ4v) is 2.65. The summed E-state index contributed by atoms with van der Waals surface area (Å²) in [6, 6.07) is 15.3. The van der Waals surface area contributed by atoms with E-state index in [-0.39, 0.29) is 24.4 Å². The fourth-order valence-electron chi connectivity index (χ4n) is 2.65. The molecule has 0 aromatic heterocycles. The molecule has 0 bridgehead atoms. The highest BCUT2D eigenvalue weighted by molar-refractivity contribution is 6.04. The second-order valence-corrected chi connectivity index (χ2v) is 6.21. The van der Waals surface area contributed by atoms with Crippen molar-refractivity contribution in [2.24, 2.45) is 0 Å². The van der Waals surface area contributed by atoms with Crippen molar-refractivity contribution >= 4 is 23.2 Å². The number of nitrogens with one attached hydrogen (secondary N) is 3. The number of carbonyl (C=O) groups is 2. The molecule has 1 fully saturated rings. The van der Waals surface area contributed by atoms with Gasteiger partial charge in [-0.05, 0) is 43.0 Å². The molecule has 130 valence electrons. The molecule has 3 N–H and O–H groups in total. The minimum absolute atomic E-state index is 0.136. The summed E-state index contributed by atoms with van der Waals surface area (Å²) in [4.78, 5) is 24.6. The smallest absolute Gasteiger partial charge is 0.253 e. The summed E-state index contributed by atoms with van der Waals surface area (Å²) in [6.07, 6.45) is 2.96. The number of hydrogen-bond acceptors (Lipinski definition) is 3. The summed E-state index contributed by atoms with van der Waals surface area (Å²) in [5, 5.41) is 8.94. The molecule has 1 aliphatic rings. The van der Waals surface area contributed by atoms with E-state index in [0.29, 0.717) is 11.3 Å². The Labute approximate surface area is 147 Å². The predicted octanol–water partition coefficient (Wildman–Crippen LogP) is 3.19. The van der Waals surface area contributed by atoms with E-state index in [9.17, 15) is 9.59 Å². The van der Waals surface area contributed by atoms with Gasteiger partial charge in [0, 0.05) is 11.7 Å². The Balaban J connectivity index is 1.62. The summed E-state index contributed by atoms with van der Waals surface area (Å²) in [7, 11) is 0. The van der Waals surface area contributed by atoms with Crippen LogP contribution in [0.1, 0.15) is 35.7 Å². The molecule has 5 nitrogen and oxygen atoms in total. The molecular weight excluding hydrogens is 314 g/mol. The van der Waals surface area contributed by atoms with Crippen molar-refractivity contribution in [2.75, 3.05) is 17.2 Å². The van der Waals surface area contributed by atoms with E-state index < -0.39 is 0 Å². The van der Waals surface area contributed by atoms with Gasteiger partial charge in [-0.2, -0.15) is 0 Å². The van der Waals surface area contributed by atoms with Crippen molar-refractivity contribution in [2.45, 2.75) is 32.2 Å². The Morgan fingerprint density at radius 2 is 1.68 bits per heavy atom. The Morgan fingerprint density at radius 3 is 2.40 bits per heavy atom. The van der Waals surface area contributed by atoms with Crippen LogP contribution in [-0.4, -0.2) is 24.4 Å². The van der Waals surface area contributed by atoms with Crippen LogP contribution in [0.2, 0.25) is 0 Å². The molecule has 3 rings (SSSR count). The minimum atomic E-state index is -0.183. The molecule has 0 heterocycles. The van der Waals surface area contributed by atoms with Crippen molar-refractivity contribution < 1.29 is 9.59 Å². The van der Waals surface area contributed by atoms with Crippen LogP contribution in [0.5, 0.6) is 0 Å². The van der Waals surface area contributed by atoms with Crippen molar-refractivity contribution in [1.82, 2.24) is 5.32 Å². The first kappa shape index (κ1) is 17.0. The molecule has 0 unspecified atom stereocenters. The summed E-state index contributed by atoms with van der Waals surface area (Å²) < 4.78 is 0. The Hall–Kier alpha value is -2.82. The van der Waals surface area contributed by atoms with Gasteiger partial charge in [0.25, 0.3) is 5.91 Å². The lowest BCUT2D eigenvalue weighted by molar-refractivity contribution is -0.114. The van der Waals surface area contributed by atoms with Crippen LogP contribution in [0.4, 0.5) is 11.4 Å². The van der Waals surface area contributed by atoms with Gasteiger partial charge in [0.05, 0.1) is 17.8 Å². The van der Waals surface area contributed by atoms with E-state index >= 15 is 0 Å². The van der Waals surface area contributed by atoms with Crippen molar-refractivity contribution in [3.05, 3.63) is 59.7 Å². The molecule has 0 spiro atoms. The number of carbonyl (C=O) groups excluding carboxylic acids is 2. The first-order chi connectivity index (χ1) is 12.2. The lowest BCUT2D eigenvalue weighted by atomic mass is 10.1. The predicted molar refractivity (Wildman–Crippen MR) is 99.9 cm³/mol. The molecule has 2 aromatic carbocycles. The molecule has 0 atom stereocenters. The summed E-state index contributed by atoms with van der Waals surface area (Å²) in [5.41, 5.74) is 3.16. The number of para-hydroxylation sites is 2. The molecule has 2 amide bonds. The lowest BCUT2D eigenvalue weighted by Gasteiger charge is -2.13. The van der Waals surface area contributed by atoms with E-state index in [1.165, 1.54) is 5.56 Å². The maximum absolute atomic E-state index is 12.3. The second-order valence-electron chi connectivity index (χ2n) is 6.21. The third kappa shape index (κ3) is 4.59. The first-order valence-electron chi connectivity index (χ1n) is 8.69. The molecule has 0 radical (unpaired) electrons. The fraction of sp³-hybridized carbons (Fsp3) is 0.300. The van der Waals surface area contributed by atoms with Crippen LogP contribution >= 0.6 is 0 Å². The number of anilines is 2. The zero-order chi connectivity index (χ0) is 17.6. The molecule has 0 aliphatic heterocycles. The van der Waals surface area contributed by atoms with Gasteiger partial charge in [-0.25, -0.2) is 0 Å². The number of aryl methyl sites for hydroxylation is 1. The van der Waals surface area contributed by atoms with E-state index in [1.54, 1.807) is 18.2 Å². The Bertz CT molecular complexity index is 769. The van der Waals surface area contributed by atoms with Crippen LogP contribution in [0, 0.1) is 0 Å². The van der Waals surface area contributed by atoms with Gasteiger partial charge >= 0.3 is 0 Å². The van der Waals surface area contributed by atoms with Gasteiger partial charge < -0.3 is 16.0 Å². The number of rotatable bonds is 7. The van der Waals surface area contributed by atoms with Gasteiger partial charge in [-0.15, -0.1) is 0 Å². The van der Waals surface area contributed by atoms with E-state index in [4.69, 9.17) is 0 Å². The van der Waals surface area contributed by atoms with Crippen molar-refractivity contribution in [3.63, 3.8) is 0 Å². The quantitative estimate of drug-likeness (QED) is 0.727. The average molecular weight is 337 g/mol. The van der Waals surface area contributed by atoms with Crippen LogP contribution in [0.15, 0.2) is 48.5 Å². The minimum Gasteiger partial charge on any atom is -0.376 e. The van der Waals surface area contributed by atoms with E-state index in [1.807, 2.05) is 30.3 Å². The van der Waals surface area contributed by atoms with Gasteiger partial charge in [0.2, 0.25) is 5.91 Å². The van der Waals surface area contributed by atoms with Gasteiger partial charge in [-0.3, -0.25) is 9.59 Å². The zero-order valence-corrected chi connectivity index (χ0v) is 14.3. The normalized spacial score (nSPS) is 13.2. The number of benzene rings is 2. The van der Waals surface area contributed by atoms with Crippen LogP contribution < -0.4 is 16.0 Å². The average Bonchev–Trinajstić information content (AvgIpc) is 3.44. The van der Waals surface area contributed by atoms with Crippen molar-refractivity contribution in [1.29, 1.82) is 0 Å². The van der Waals surface area contributed by atoms with Gasteiger partial charge in [-0.1, -0.05) is 37.3 Å². The third-order valence-corrected chi connectivity index (χ3v) is 4.20. The second kappa shape index (κ2) is 7.83. The number of amides is 2. The highest BCUT2D eigenvalue weighted by Crippen LogP contribution is 2.21. The standard InChI is InChI=1S/C20H23N3O2/c1-2-14-7-3-5-9-17(14)21-13-19(24)23-18-10-6-4-8-16(18)20(25)22-15-11-12-15/h3-10,15,21H,2,11-13H2,1H3,(H,22,25)(H,23,24). The maximum Gasteiger partial charge on any atom is 0.253 e. The van der Waals surface area contributed by atoms with E-state index in [0.717, 1.165) is 24.9 Å². The van der Waals surface area contributed by atoms with Gasteiger partial charge in [0.15, 0.2) is 0 Å². The van der Waals surface area contributed by atoms with E-state index in [2.05, 4.69) is 22.9 Å². The highest BCUT2D eigenvalue weighted by Gasteiger charge is 2.24. The monoisotopic (exact) mass is 337 g/mol. The maximum atomic E-state index is 12.3. The van der Waals surface area contributed by atoms with Crippen LogP contribution in [0.3, 0.4) is 0 Å². The van der Waals surface area contributed by atoms with Crippen LogP contribution in [-0.2, 0) is 11.2 Å². The molecule has 1 aliphatic carbocycles. The summed E-state index contributed by atoms with van der Waals surface area (Å²) in [5.74, 6) is -0.319. The molecular formula is C20H23N3O2. The molecule has 0 saturated heterocycles. The Morgan fingerprint density at radius 1 is 1.00 bits per heavy atom. The molecule has 2 aromatic rings. The summed E-state index contributed by atoms with van der Waals surface area (Å²) >= 11 is 0. The van der Waals surface area contributed by atoms with Gasteiger partial charge in [0.1, 0.15) is 0 Å². The molecule has 25 heavy (non-hydrogen) atoms. The van der Waals surface area contributed by atoms with Crippen molar-refractivity contribution in [3.8, 4) is 0 Å². The highest BCUT2D eigenvalue weighted by atomic mass is 16.2. The topological polar surface area (TPSA) is 70.2 Å². The first-order valence-corrected chi connectivity index (χ1v) is 8.69. The van der Waals surface area contributed by atoms with Crippen LogP contribution in [0.25, 0.3) is 0 Å². The third-order valence-electron chi connectivity index (χ3n) is 4.20.